The van der Waals surface area contributed by atoms with E-state index < -0.39 is 5.60 Å². The van der Waals surface area contributed by atoms with E-state index in [4.69, 9.17) is 5.73 Å². The molecule has 3 aliphatic rings. The predicted molar refractivity (Wildman–Crippen MR) is 142 cm³/mol. The molecule has 0 aromatic heterocycles. The van der Waals surface area contributed by atoms with Crippen molar-refractivity contribution in [2.24, 2.45) is 5.92 Å². The number of rotatable bonds is 3. The molecule has 5 rings (SSSR count). The molecule has 3 heterocycles. The van der Waals surface area contributed by atoms with Crippen LogP contribution in [-0.2, 0) is 0 Å². The molecule has 0 radical (unpaired) electrons. The summed E-state index contributed by atoms with van der Waals surface area (Å²) in [5.74, 6) is 0.454. The molecule has 0 aliphatic carbocycles. The monoisotopic (exact) mass is 467 g/mol. The van der Waals surface area contributed by atoms with Crippen LogP contribution in [0, 0.1) is 5.92 Å². The second-order valence-electron chi connectivity index (χ2n) is 10.2. The number of fused-ring (bicyclic) bond motifs is 1. The third-order valence-corrected chi connectivity index (χ3v) is 7.18. The number of hydrogen-bond acceptors (Lipinski definition) is 4. The molecule has 1 fully saturated rings. The number of nitrogens with zero attached hydrogens (tertiary/aromatic N) is 2. The van der Waals surface area contributed by atoms with E-state index in [0.717, 1.165) is 40.2 Å². The second-order valence-corrected chi connectivity index (χ2v) is 10.2. The van der Waals surface area contributed by atoms with Crippen LogP contribution >= 0.6 is 0 Å². The largest absolute Gasteiger partial charge is 0.399 e. The molecule has 35 heavy (non-hydrogen) atoms. The number of hydrogen-bond donors (Lipinski definition) is 2. The Bertz CT molecular complexity index is 1220. The van der Waals surface area contributed by atoms with Crippen LogP contribution in [0.3, 0.4) is 0 Å². The fraction of sp³-hybridized carbons (Fsp3) is 0.300. The Kier molecular flexibility index (Phi) is 6.12. The first-order valence-electron chi connectivity index (χ1n) is 12.4. The van der Waals surface area contributed by atoms with Crippen LogP contribution in [-0.4, -0.2) is 39.5 Å². The number of piperidine rings is 1. The van der Waals surface area contributed by atoms with Crippen LogP contribution in [0.25, 0.3) is 11.3 Å². The van der Waals surface area contributed by atoms with E-state index in [1.165, 1.54) is 0 Å². The number of amides is 1. The van der Waals surface area contributed by atoms with Gasteiger partial charge in [-0.3, -0.25) is 4.79 Å². The molecule has 5 nitrogen and oxygen atoms in total. The topological polar surface area (TPSA) is 69.8 Å². The number of nitrogen functional groups attached to an aromatic ring is 1. The lowest BCUT2D eigenvalue weighted by Gasteiger charge is -2.35. The summed E-state index contributed by atoms with van der Waals surface area (Å²) in [5, 5.41) is 10.2. The van der Waals surface area contributed by atoms with Crippen LogP contribution in [0.1, 0.15) is 54.6 Å². The molecular weight excluding hydrogens is 434 g/mol. The van der Waals surface area contributed by atoms with Gasteiger partial charge in [-0.25, -0.2) is 0 Å². The van der Waals surface area contributed by atoms with Gasteiger partial charge in [0.2, 0.25) is 0 Å². The van der Waals surface area contributed by atoms with E-state index in [1.54, 1.807) is 0 Å². The molecule has 0 spiro atoms. The number of likely N-dealkylation sites (tertiary alicyclic amines) is 1. The maximum Gasteiger partial charge on any atom is 0.253 e. The number of benzene rings is 2. The minimum absolute atomic E-state index is 0.0283. The highest BCUT2D eigenvalue weighted by molar-refractivity contribution is 5.95. The molecule has 1 amide bonds. The molecule has 0 saturated carbocycles. The van der Waals surface area contributed by atoms with Crippen LogP contribution in [0.15, 0.2) is 84.7 Å². The third kappa shape index (κ3) is 4.96. The van der Waals surface area contributed by atoms with E-state index in [0.29, 0.717) is 37.4 Å². The number of aliphatic hydroxyl groups is 1. The van der Waals surface area contributed by atoms with Crippen LogP contribution in [0.5, 0.6) is 0 Å². The van der Waals surface area contributed by atoms with E-state index in [2.05, 4.69) is 54.5 Å². The van der Waals surface area contributed by atoms with Gasteiger partial charge in [-0.1, -0.05) is 49.4 Å². The van der Waals surface area contributed by atoms with Gasteiger partial charge in [0.05, 0.1) is 5.60 Å². The minimum Gasteiger partial charge on any atom is -0.399 e. The standard InChI is InChI=1S/C30H33N3O2/c1-21-3-13-27-14-10-25(20-33(27)28(19-21)23-8-11-26(31)12-9-23)22-4-6-24(7-5-22)29(34)32-17-15-30(2,35)16-18-32/h4-14,19-21,35H,3,15-18,31H2,1-2H3. The molecule has 5 heteroatoms. The van der Waals surface area contributed by atoms with Crippen molar-refractivity contribution in [3.8, 4) is 0 Å². The highest BCUT2D eigenvalue weighted by atomic mass is 16.3. The summed E-state index contributed by atoms with van der Waals surface area (Å²) in [4.78, 5) is 17.1. The van der Waals surface area contributed by atoms with Crippen molar-refractivity contribution >= 4 is 22.9 Å². The zero-order valence-corrected chi connectivity index (χ0v) is 20.4. The third-order valence-electron chi connectivity index (χ3n) is 7.18. The first-order valence-corrected chi connectivity index (χ1v) is 12.4. The van der Waals surface area contributed by atoms with Crippen molar-refractivity contribution in [3.05, 3.63) is 101 Å². The molecule has 1 saturated heterocycles. The van der Waals surface area contributed by atoms with E-state index in [1.807, 2.05) is 48.2 Å². The maximum absolute atomic E-state index is 13.0. The minimum atomic E-state index is -0.668. The summed E-state index contributed by atoms with van der Waals surface area (Å²) in [6.45, 7) is 5.25. The number of anilines is 1. The van der Waals surface area contributed by atoms with Crippen LogP contribution in [0.4, 0.5) is 5.69 Å². The van der Waals surface area contributed by atoms with Crippen molar-refractivity contribution in [2.45, 2.75) is 38.7 Å². The molecule has 1 atom stereocenters. The fourth-order valence-electron chi connectivity index (χ4n) is 4.85. The van der Waals surface area contributed by atoms with E-state index >= 15 is 0 Å². The summed E-state index contributed by atoms with van der Waals surface area (Å²) in [6, 6.07) is 15.9. The molecule has 2 aromatic carbocycles. The highest BCUT2D eigenvalue weighted by Crippen LogP contribution is 2.36. The van der Waals surface area contributed by atoms with Gasteiger partial charge < -0.3 is 20.6 Å². The quantitative estimate of drug-likeness (QED) is 0.591. The van der Waals surface area contributed by atoms with Gasteiger partial charge in [0.1, 0.15) is 0 Å². The summed E-state index contributed by atoms with van der Waals surface area (Å²) in [6.07, 6.45) is 13.3. The van der Waals surface area contributed by atoms with Crippen LogP contribution in [0.2, 0.25) is 0 Å². The number of carbonyl (C=O) groups excluding carboxylic acids is 1. The Morgan fingerprint density at radius 1 is 1.00 bits per heavy atom. The Labute approximate surface area is 207 Å². The predicted octanol–water partition coefficient (Wildman–Crippen LogP) is 5.43. The van der Waals surface area contributed by atoms with E-state index in [-0.39, 0.29) is 5.91 Å². The summed E-state index contributed by atoms with van der Waals surface area (Å²) in [7, 11) is 0. The van der Waals surface area contributed by atoms with Gasteiger partial charge in [-0.2, -0.15) is 0 Å². The molecule has 3 aliphatic heterocycles. The van der Waals surface area contributed by atoms with Crippen molar-refractivity contribution in [2.75, 3.05) is 18.8 Å². The summed E-state index contributed by atoms with van der Waals surface area (Å²) < 4.78 is 0. The Morgan fingerprint density at radius 2 is 1.66 bits per heavy atom. The number of allylic oxidation sites excluding steroid dienone is 5. The molecule has 0 bridgehead atoms. The maximum atomic E-state index is 13.0. The fourth-order valence-corrected chi connectivity index (χ4v) is 4.85. The second kappa shape index (κ2) is 9.23. The summed E-state index contributed by atoms with van der Waals surface area (Å²) in [5.41, 5.74) is 12.3. The first kappa shape index (κ1) is 23.2. The van der Waals surface area contributed by atoms with Gasteiger partial charge in [0.15, 0.2) is 0 Å². The smallest absolute Gasteiger partial charge is 0.253 e. The molecular formula is C30H33N3O2. The lowest BCUT2D eigenvalue weighted by atomic mass is 9.93. The van der Waals surface area contributed by atoms with Crippen molar-refractivity contribution < 1.29 is 9.90 Å². The summed E-state index contributed by atoms with van der Waals surface area (Å²) >= 11 is 0. The van der Waals surface area contributed by atoms with E-state index in [9.17, 15) is 9.90 Å². The highest BCUT2D eigenvalue weighted by Gasteiger charge is 2.30. The van der Waals surface area contributed by atoms with Crippen LogP contribution < -0.4 is 5.73 Å². The molecule has 180 valence electrons. The first-order chi connectivity index (χ1) is 16.8. The van der Waals surface area contributed by atoms with Crippen molar-refractivity contribution in [1.82, 2.24) is 9.80 Å². The molecule has 3 N–H and O–H groups in total. The average molecular weight is 468 g/mol. The zero-order valence-electron chi connectivity index (χ0n) is 20.4. The van der Waals surface area contributed by atoms with Gasteiger partial charge in [-0.05, 0) is 79.1 Å². The van der Waals surface area contributed by atoms with Gasteiger partial charge in [0, 0.05) is 41.9 Å². The number of carbonyl (C=O) groups is 1. The Balaban J connectivity index is 1.39. The SMILES string of the molecule is CC1C=C(c2ccc(N)cc2)N2C=C(c3ccc(C(=O)N4CCC(C)(O)CC4)cc3)C=CC2=CC1. The van der Waals surface area contributed by atoms with Gasteiger partial charge in [-0.15, -0.1) is 0 Å². The normalized spacial score (nSPS) is 21.5. The number of nitrogens with two attached hydrogens (primary N) is 1. The van der Waals surface area contributed by atoms with Crippen molar-refractivity contribution in [3.63, 3.8) is 0 Å². The lowest BCUT2D eigenvalue weighted by Crippen LogP contribution is -2.45. The molecule has 2 aromatic rings. The molecule has 1 unspecified atom stereocenters. The van der Waals surface area contributed by atoms with Gasteiger partial charge in [0.25, 0.3) is 5.91 Å². The Hall–Kier alpha value is -3.57. The zero-order chi connectivity index (χ0) is 24.6. The average Bonchev–Trinajstić information content (AvgIpc) is 3.02. The van der Waals surface area contributed by atoms with Crippen molar-refractivity contribution in [1.29, 1.82) is 0 Å². The van der Waals surface area contributed by atoms with Gasteiger partial charge >= 0.3 is 0 Å². The Morgan fingerprint density at radius 3 is 2.34 bits per heavy atom. The lowest BCUT2D eigenvalue weighted by molar-refractivity contribution is -0.00202.